The molecule has 1 fully saturated rings. The van der Waals surface area contributed by atoms with Gasteiger partial charge in [-0.05, 0) is 18.8 Å². The van der Waals surface area contributed by atoms with Crippen LogP contribution in [0.2, 0.25) is 0 Å². The molecule has 0 aromatic carbocycles. The van der Waals surface area contributed by atoms with Gasteiger partial charge < -0.3 is 0 Å². The van der Waals surface area contributed by atoms with E-state index in [0.29, 0.717) is 6.54 Å². The minimum atomic E-state index is 0.524. The Kier molecular flexibility index (Phi) is 5.79. The quantitative estimate of drug-likeness (QED) is 0.480. The zero-order chi connectivity index (χ0) is 9.36. The molecular weight excluding hydrogens is 162 g/mol. The fourth-order valence-electron chi connectivity index (χ4n) is 2.27. The van der Waals surface area contributed by atoms with E-state index >= 15 is 0 Å². The first-order valence-corrected chi connectivity index (χ1v) is 5.72. The SMILES string of the molecule is O=NCCCC1CCCCCCC1. The Labute approximate surface area is 81.1 Å². The zero-order valence-corrected chi connectivity index (χ0v) is 8.50. The van der Waals surface area contributed by atoms with Crippen LogP contribution in [0, 0.1) is 10.8 Å². The molecule has 1 rings (SSSR count). The van der Waals surface area contributed by atoms with Crippen molar-refractivity contribution in [3.63, 3.8) is 0 Å². The van der Waals surface area contributed by atoms with E-state index in [9.17, 15) is 4.91 Å². The lowest BCUT2D eigenvalue weighted by Gasteiger charge is -2.18. The summed E-state index contributed by atoms with van der Waals surface area (Å²) in [6.45, 7) is 0.524. The first kappa shape index (κ1) is 10.7. The lowest BCUT2D eigenvalue weighted by molar-refractivity contribution is 0.353. The molecule has 0 saturated heterocycles. The van der Waals surface area contributed by atoms with Crippen molar-refractivity contribution in [3.05, 3.63) is 4.91 Å². The van der Waals surface area contributed by atoms with Crippen LogP contribution in [0.3, 0.4) is 0 Å². The van der Waals surface area contributed by atoms with E-state index in [1.807, 2.05) is 0 Å². The third-order valence-electron chi connectivity index (χ3n) is 3.09. The first-order valence-electron chi connectivity index (χ1n) is 5.72. The van der Waals surface area contributed by atoms with Crippen molar-refractivity contribution < 1.29 is 0 Å². The molecule has 76 valence electrons. The van der Waals surface area contributed by atoms with Crippen molar-refractivity contribution in [2.24, 2.45) is 11.1 Å². The molecule has 2 nitrogen and oxygen atoms in total. The largest absolute Gasteiger partial charge is 0.151 e. The van der Waals surface area contributed by atoms with E-state index in [1.54, 1.807) is 0 Å². The Morgan fingerprint density at radius 1 is 1.00 bits per heavy atom. The van der Waals surface area contributed by atoms with Gasteiger partial charge in [-0.2, -0.15) is 4.91 Å². The Morgan fingerprint density at radius 3 is 2.23 bits per heavy atom. The lowest BCUT2D eigenvalue weighted by Crippen LogP contribution is -2.04. The molecule has 0 amide bonds. The zero-order valence-electron chi connectivity index (χ0n) is 8.50. The average molecular weight is 183 g/mol. The summed E-state index contributed by atoms with van der Waals surface area (Å²) < 4.78 is 0. The summed E-state index contributed by atoms with van der Waals surface area (Å²) in [4.78, 5) is 9.92. The molecule has 2 heteroatoms. The average Bonchev–Trinajstić information content (AvgIpc) is 2.08. The van der Waals surface area contributed by atoms with Crippen LogP contribution < -0.4 is 0 Å². The van der Waals surface area contributed by atoms with Crippen LogP contribution in [0.4, 0.5) is 0 Å². The van der Waals surface area contributed by atoms with Gasteiger partial charge in [0.05, 0.1) is 6.54 Å². The molecule has 0 atom stereocenters. The number of hydrogen-bond acceptors (Lipinski definition) is 2. The topological polar surface area (TPSA) is 29.4 Å². The van der Waals surface area contributed by atoms with Crippen LogP contribution in [-0.2, 0) is 0 Å². The molecular formula is C11H21NO. The number of nitrogens with zero attached hydrogens (tertiary/aromatic N) is 1. The van der Waals surface area contributed by atoms with E-state index in [2.05, 4.69) is 5.18 Å². The second-order valence-corrected chi connectivity index (χ2v) is 4.21. The Balaban J connectivity index is 2.10. The highest BCUT2D eigenvalue weighted by Crippen LogP contribution is 2.25. The smallest absolute Gasteiger partial charge is 0.0811 e. The van der Waals surface area contributed by atoms with Gasteiger partial charge in [0.2, 0.25) is 0 Å². The van der Waals surface area contributed by atoms with E-state index in [0.717, 1.165) is 12.3 Å². The molecule has 0 aromatic rings. The van der Waals surface area contributed by atoms with Crippen molar-refractivity contribution in [1.29, 1.82) is 0 Å². The standard InChI is InChI=1S/C11H21NO/c13-12-10-6-9-11-7-4-2-1-3-5-8-11/h11H,1-10H2. The van der Waals surface area contributed by atoms with Crippen molar-refractivity contribution in [3.8, 4) is 0 Å². The molecule has 0 unspecified atom stereocenters. The van der Waals surface area contributed by atoms with Gasteiger partial charge in [-0.1, -0.05) is 50.1 Å². The van der Waals surface area contributed by atoms with Crippen LogP contribution in [0.15, 0.2) is 5.18 Å². The van der Waals surface area contributed by atoms with Crippen LogP contribution in [0.25, 0.3) is 0 Å². The van der Waals surface area contributed by atoms with E-state index in [4.69, 9.17) is 0 Å². The minimum absolute atomic E-state index is 0.524. The van der Waals surface area contributed by atoms with Gasteiger partial charge in [0.25, 0.3) is 0 Å². The summed E-state index contributed by atoms with van der Waals surface area (Å²) in [5, 5.41) is 2.91. The molecule has 0 aliphatic heterocycles. The Hall–Kier alpha value is -0.400. The summed E-state index contributed by atoms with van der Waals surface area (Å²) in [5.41, 5.74) is 0. The second-order valence-electron chi connectivity index (χ2n) is 4.21. The molecule has 0 radical (unpaired) electrons. The van der Waals surface area contributed by atoms with Gasteiger partial charge in [-0.15, -0.1) is 0 Å². The second kappa shape index (κ2) is 7.05. The summed E-state index contributed by atoms with van der Waals surface area (Å²) in [6, 6.07) is 0. The highest BCUT2D eigenvalue weighted by atomic mass is 16.3. The minimum Gasteiger partial charge on any atom is -0.151 e. The van der Waals surface area contributed by atoms with Crippen molar-refractivity contribution in [2.75, 3.05) is 6.54 Å². The van der Waals surface area contributed by atoms with E-state index in [1.165, 1.54) is 51.4 Å². The van der Waals surface area contributed by atoms with Gasteiger partial charge in [-0.25, -0.2) is 0 Å². The molecule has 1 aliphatic carbocycles. The fourth-order valence-corrected chi connectivity index (χ4v) is 2.27. The predicted molar refractivity (Wildman–Crippen MR) is 55.7 cm³/mol. The Bertz CT molecular complexity index is 128. The number of rotatable bonds is 4. The Morgan fingerprint density at radius 2 is 1.62 bits per heavy atom. The van der Waals surface area contributed by atoms with Crippen LogP contribution >= 0.6 is 0 Å². The van der Waals surface area contributed by atoms with Gasteiger partial charge >= 0.3 is 0 Å². The summed E-state index contributed by atoms with van der Waals surface area (Å²) in [6.07, 6.45) is 12.1. The van der Waals surface area contributed by atoms with Crippen molar-refractivity contribution in [1.82, 2.24) is 0 Å². The van der Waals surface area contributed by atoms with E-state index in [-0.39, 0.29) is 0 Å². The maximum atomic E-state index is 9.92. The maximum Gasteiger partial charge on any atom is 0.0811 e. The molecule has 0 bridgehead atoms. The van der Waals surface area contributed by atoms with Crippen LogP contribution in [0.1, 0.15) is 57.8 Å². The van der Waals surface area contributed by atoms with Gasteiger partial charge in [0.1, 0.15) is 0 Å². The van der Waals surface area contributed by atoms with Gasteiger partial charge in [-0.3, -0.25) is 0 Å². The predicted octanol–water partition coefficient (Wildman–Crippen LogP) is 3.89. The summed E-state index contributed by atoms with van der Waals surface area (Å²) in [7, 11) is 0. The monoisotopic (exact) mass is 183 g/mol. The molecule has 0 heterocycles. The molecule has 1 saturated carbocycles. The molecule has 1 aliphatic rings. The highest BCUT2D eigenvalue weighted by Gasteiger charge is 2.10. The number of nitroso groups, excluding NO2 is 1. The molecule has 0 spiro atoms. The highest BCUT2D eigenvalue weighted by molar-refractivity contribution is 4.64. The lowest BCUT2D eigenvalue weighted by atomic mass is 9.88. The van der Waals surface area contributed by atoms with E-state index < -0.39 is 0 Å². The third-order valence-corrected chi connectivity index (χ3v) is 3.09. The van der Waals surface area contributed by atoms with Gasteiger partial charge in [0, 0.05) is 0 Å². The fraction of sp³-hybridized carbons (Fsp3) is 1.00. The summed E-state index contributed by atoms with van der Waals surface area (Å²) in [5.74, 6) is 0.891. The summed E-state index contributed by atoms with van der Waals surface area (Å²) >= 11 is 0. The van der Waals surface area contributed by atoms with Crippen molar-refractivity contribution >= 4 is 0 Å². The molecule has 0 aromatic heterocycles. The molecule has 0 N–H and O–H groups in total. The van der Waals surface area contributed by atoms with Crippen molar-refractivity contribution in [2.45, 2.75) is 57.8 Å². The molecule has 13 heavy (non-hydrogen) atoms. The number of hydrogen-bond donors (Lipinski definition) is 0. The van der Waals surface area contributed by atoms with Gasteiger partial charge in [0.15, 0.2) is 0 Å². The maximum absolute atomic E-state index is 9.92. The third kappa shape index (κ3) is 5.02. The normalized spacial score (nSPS) is 20.6. The van der Waals surface area contributed by atoms with Crippen LogP contribution in [0.5, 0.6) is 0 Å². The first-order chi connectivity index (χ1) is 6.43. The van der Waals surface area contributed by atoms with Crippen LogP contribution in [-0.4, -0.2) is 6.54 Å².